The lowest BCUT2D eigenvalue weighted by atomic mass is 9.84. The lowest BCUT2D eigenvalue weighted by molar-refractivity contribution is -0.150. The number of fused-ring (bicyclic) bond motifs is 1. The number of carboxylic acid groups (broad SMARTS) is 1. The summed E-state index contributed by atoms with van der Waals surface area (Å²) in [7, 11) is 0. The van der Waals surface area contributed by atoms with Crippen LogP contribution < -0.4 is 5.56 Å². The first kappa shape index (κ1) is 15.8. The molecule has 2 fully saturated rings. The zero-order valence-electron chi connectivity index (χ0n) is 13.1. The van der Waals surface area contributed by atoms with Gasteiger partial charge in [0, 0.05) is 31.3 Å². The highest BCUT2D eigenvalue weighted by atomic mass is 16.4. The molecule has 1 aliphatic carbocycles. The van der Waals surface area contributed by atoms with E-state index in [1.54, 1.807) is 23.2 Å². The lowest BCUT2D eigenvalue weighted by Crippen LogP contribution is -2.46. The van der Waals surface area contributed by atoms with Crippen LogP contribution in [0.5, 0.6) is 0 Å². The van der Waals surface area contributed by atoms with Gasteiger partial charge < -0.3 is 14.6 Å². The van der Waals surface area contributed by atoms with Crippen molar-refractivity contribution >= 4 is 11.9 Å². The molecule has 3 atom stereocenters. The van der Waals surface area contributed by atoms with Crippen LogP contribution in [0.1, 0.15) is 38.5 Å². The van der Waals surface area contributed by atoms with E-state index in [4.69, 9.17) is 0 Å². The predicted molar refractivity (Wildman–Crippen MR) is 84.0 cm³/mol. The van der Waals surface area contributed by atoms with E-state index in [9.17, 15) is 19.5 Å². The van der Waals surface area contributed by atoms with Crippen molar-refractivity contribution in [1.29, 1.82) is 0 Å². The van der Waals surface area contributed by atoms with E-state index >= 15 is 0 Å². The smallest absolute Gasteiger partial charge is 0.326 e. The minimum atomic E-state index is -0.912. The van der Waals surface area contributed by atoms with Gasteiger partial charge >= 0.3 is 5.97 Å². The van der Waals surface area contributed by atoms with Gasteiger partial charge in [-0.1, -0.05) is 18.9 Å². The summed E-state index contributed by atoms with van der Waals surface area (Å²) in [5.74, 6) is -0.750. The molecule has 2 heterocycles. The molecule has 1 saturated heterocycles. The molecule has 0 aromatic carbocycles. The summed E-state index contributed by atoms with van der Waals surface area (Å²) < 4.78 is 1.49. The Kier molecular flexibility index (Phi) is 4.50. The summed E-state index contributed by atoms with van der Waals surface area (Å²) in [6.07, 6.45) is 6.46. The van der Waals surface area contributed by atoms with Crippen LogP contribution in [0.4, 0.5) is 0 Å². The first-order valence-electron chi connectivity index (χ1n) is 8.27. The third-order valence-corrected chi connectivity index (χ3v) is 5.13. The minimum absolute atomic E-state index is 0.0600. The monoisotopic (exact) mass is 318 g/mol. The van der Waals surface area contributed by atoms with Crippen molar-refractivity contribution in [3.05, 3.63) is 34.7 Å². The fraction of sp³-hybridized carbons (Fsp3) is 0.588. The SMILES string of the molecule is O=C(O)[C@@H]1C[C@H]2CCCC[C@H]2N1C(=O)CCn1ccccc1=O. The van der Waals surface area contributed by atoms with E-state index in [-0.39, 0.29) is 23.9 Å². The Morgan fingerprint density at radius 1 is 1.22 bits per heavy atom. The van der Waals surface area contributed by atoms with E-state index in [1.807, 2.05) is 0 Å². The number of amides is 1. The third-order valence-electron chi connectivity index (χ3n) is 5.13. The minimum Gasteiger partial charge on any atom is -0.480 e. The van der Waals surface area contributed by atoms with Gasteiger partial charge in [-0.3, -0.25) is 9.59 Å². The molecule has 23 heavy (non-hydrogen) atoms. The summed E-state index contributed by atoms with van der Waals surface area (Å²) in [4.78, 5) is 37.5. The Labute approximate surface area is 134 Å². The number of aryl methyl sites for hydroxylation is 1. The molecule has 3 rings (SSSR count). The van der Waals surface area contributed by atoms with Gasteiger partial charge in [0.2, 0.25) is 5.91 Å². The molecule has 1 aromatic rings. The highest BCUT2D eigenvalue weighted by Crippen LogP contribution is 2.40. The highest BCUT2D eigenvalue weighted by Gasteiger charge is 2.47. The molecule has 0 spiro atoms. The van der Waals surface area contributed by atoms with Crippen LogP contribution in [0.25, 0.3) is 0 Å². The second-order valence-corrected chi connectivity index (χ2v) is 6.48. The normalized spacial score (nSPS) is 26.8. The molecule has 1 N–H and O–H groups in total. The van der Waals surface area contributed by atoms with Gasteiger partial charge in [0.15, 0.2) is 0 Å². The van der Waals surface area contributed by atoms with Crippen molar-refractivity contribution in [2.24, 2.45) is 5.92 Å². The third kappa shape index (κ3) is 3.16. The van der Waals surface area contributed by atoms with Crippen molar-refractivity contribution in [3.63, 3.8) is 0 Å². The van der Waals surface area contributed by atoms with Crippen molar-refractivity contribution in [2.45, 2.75) is 57.2 Å². The van der Waals surface area contributed by atoms with Crippen LogP contribution in [0, 0.1) is 5.92 Å². The van der Waals surface area contributed by atoms with E-state index in [0.717, 1.165) is 25.7 Å². The van der Waals surface area contributed by atoms with Gasteiger partial charge in [0.25, 0.3) is 5.56 Å². The maximum absolute atomic E-state index is 12.6. The Morgan fingerprint density at radius 3 is 2.74 bits per heavy atom. The molecule has 2 aliphatic rings. The van der Waals surface area contributed by atoms with Gasteiger partial charge in [-0.05, 0) is 31.2 Å². The average molecular weight is 318 g/mol. The maximum atomic E-state index is 12.6. The first-order chi connectivity index (χ1) is 11.1. The Hall–Kier alpha value is -2.11. The summed E-state index contributed by atoms with van der Waals surface area (Å²) in [5.41, 5.74) is -0.146. The number of aromatic nitrogens is 1. The second-order valence-electron chi connectivity index (χ2n) is 6.48. The number of likely N-dealkylation sites (tertiary alicyclic amines) is 1. The molecule has 1 aromatic heterocycles. The van der Waals surface area contributed by atoms with E-state index in [0.29, 0.717) is 18.9 Å². The number of carboxylic acids is 1. The predicted octanol–water partition coefficient (Wildman–Crippen LogP) is 1.48. The molecule has 1 saturated carbocycles. The number of nitrogens with zero attached hydrogens (tertiary/aromatic N) is 2. The van der Waals surface area contributed by atoms with Crippen LogP contribution in [-0.2, 0) is 16.1 Å². The largest absolute Gasteiger partial charge is 0.480 e. The first-order valence-corrected chi connectivity index (χ1v) is 8.27. The van der Waals surface area contributed by atoms with E-state index in [1.165, 1.54) is 10.6 Å². The van der Waals surface area contributed by atoms with Crippen molar-refractivity contribution < 1.29 is 14.7 Å². The standard InChI is InChI=1S/C17H22N2O4/c20-15-7-3-4-9-18(15)10-8-16(21)19-13-6-2-1-5-12(13)11-14(19)17(22)23/h3-4,7,9,12-14H,1-2,5-6,8,10-11H2,(H,22,23)/t12-,13-,14+/m1/s1. The summed E-state index contributed by atoms with van der Waals surface area (Å²) in [5, 5.41) is 9.46. The van der Waals surface area contributed by atoms with Crippen LogP contribution in [0.3, 0.4) is 0 Å². The summed E-state index contributed by atoms with van der Waals surface area (Å²) >= 11 is 0. The number of rotatable bonds is 4. The van der Waals surface area contributed by atoms with E-state index in [2.05, 4.69) is 0 Å². The molecule has 1 amide bonds. The van der Waals surface area contributed by atoms with Crippen LogP contribution in [0.15, 0.2) is 29.2 Å². The molecule has 1 aliphatic heterocycles. The second kappa shape index (κ2) is 6.56. The molecule has 0 unspecified atom stereocenters. The lowest BCUT2D eigenvalue weighted by Gasteiger charge is -2.33. The number of aliphatic carboxylic acids is 1. The molecule has 0 bridgehead atoms. The number of carbonyl (C=O) groups is 2. The molecule has 6 nitrogen and oxygen atoms in total. The Morgan fingerprint density at radius 2 is 2.00 bits per heavy atom. The zero-order chi connectivity index (χ0) is 16.4. The van der Waals surface area contributed by atoms with Crippen molar-refractivity contribution in [1.82, 2.24) is 9.47 Å². The summed E-state index contributed by atoms with van der Waals surface area (Å²) in [6.45, 7) is 0.290. The number of carbonyl (C=O) groups excluding carboxylic acids is 1. The van der Waals surface area contributed by atoms with Crippen molar-refractivity contribution in [3.8, 4) is 0 Å². The Bertz CT molecular complexity index is 654. The maximum Gasteiger partial charge on any atom is 0.326 e. The van der Waals surface area contributed by atoms with Crippen LogP contribution in [-0.4, -0.2) is 38.5 Å². The van der Waals surface area contributed by atoms with Gasteiger partial charge in [0.05, 0.1) is 0 Å². The number of hydrogen-bond acceptors (Lipinski definition) is 3. The average Bonchev–Trinajstić information content (AvgIpc) is 2.93. The highest BCUT2D eigenvalue weighted by molar-refractivity contribution is 5.84. The number of hydrogen-bond donors (Lipinski definition) is 1. The fourth-order valence-electron chi connectivity index (χ4n) is 4.03. The van der Waals surface area contributed by atoms with Gasteiger partial charge in [-0.2, -0.15) is 0 Å². The van der Waals surface area contributed by atoms with Gasteiger partial charge in [-0.15, -0.1) is 0 Å². The van der Waals surface area contributed by atoms with E-state index < -0.39 is 12.0 Å². The van der Waals surface area contributed by atoms with Crippen LogP contribution in [0.2, 0.25) is 0 Å². The van der Waals surface area contributed by atoms with Crippen molar-refractivity contribution in [2.75, 3.05) is 0 Å². The van der Waals surface area contributed by atoms with Gasteiger partial charge in [0.1, 0.15) is 6.04 Å². The molecule has 6 heteroatoms. The quantitative estimate of drug-likeness (QED) is 0.912. The summed E-state index contributed by atoms with van der Waals surface area (Å²) in [6, 6.07) is 4.22. The molecular weight excluding hydrogens is 296 g/mol. The zero-order valence-corrected chi connectivity index (χ0v) is 13.1. The fourth-order valence-corrected chi connectivity index (χ4v) is 4.03. The Balaban J connectivity index is 1.72. The molecule has 0 radical (unpaired) electrons. The number of pyridine rings is 1. The molecule has 124 valence electrons. The molecular formula is C17H22N2O4. The van der Waals surface area contributed by atoms with Gasteiger partial charge in [-0.25, -0.2) is 4.79 Å². The topological polar surface area (TPSA) is 79.6 Å². The van der Waals surface area contributed by atoms with Crippen LogP contribution >= 0.6 is 0 Å².